The van der Waals surface area contributed by atoms with E-state index in [1.165, 1.54) is 0 Å². The third-order valence-corrected chi connectivity index (χ3v) is 2.91. The number of hydrogen-bond donors (Lipinski definition) is 2. The first-order valence-electron chi connectivity index (χ1n) is 6.49. The number of oxazole rings is 1. The van der Waals surface area contributed by atoms with Crippen LogP contribution in [0.25, 0.3) is 11.1 Å². The van der Waals surface area contributed by atoms with Crippen LogP contribution in [0.3, 0.4) is 0 Å². The van der Waals surface area contributed by atoms with Crippen molar-refractivity contribution >= 4 is 22.7 Å². The Morgan fingerprint density at radius 2 is 2.26 bits per heavy atom. The molecule has 2 N–H and O–H groups in total. The molecule has 1 aromatic heterocycles. The first-order chi connectivity index (χ1) is 9.10. The Morgan fingerprint density at radius 3 is 3.00 bits per heavy atom. The van der Waals surface area contributed by atoms with E-state index >= 15 is 0 Å². The van der Waals surface area contributed by atoms with E-state index in [-0.39, 0.29) is 11.8 Å². The second kappa shape index (κ2) is 5.84. The molecule has 1 heterocycles. The monoisotopic (exact) mass is 261 g/mol. The number of anilines is 1. The second-order valence-corrected chi connectivity index (χ2v) is 4.61. The molecule has 1 unspecified atom stereocenters. The lowest BCUT2D eigenvalue weighted by molar-refractivity contribution is -0.119. The van der Waals surface area contributed by atoms with E-state index in [9.17, 15) is 4.79 Å². The lowest BCUT2D eigenvalue weighted by Gasteiger charge is -2.12. The van der Waals surface area contributed by atoms with Gasteiger partial charge in [0.05, 0.1) is 0 Å². The molecule has 0 saturated carbocycles. The van der Waals surface area contributed by atoms with Crippen LogP contribution in [0.5, 0.6) is 0 Å². The van der Waals surface area contributed by atoms with Gasteiger partial charge in [0, 0.05) is 25.1 Å². The van der Waals surface area contributed by atoms with Crippen LogP contribution in [0.2, 0.25) is 0 Å². The molecule has 2 rings (SSSR count). The highest BCUT2D eigenvalue weighted by Crippen LogP contribution is 2.20. The van der Waals surface area contributed by atoms with Gasteiger partial charge >= 0.3 is 0 Å². The molecule has 102 valence electrons. The molecule has 0 radical (unpaired) electrons. The molecule has 0 bridgehead atoms. The van der Waals surface area contributed by atoms with Gasteiger partial charge in [-0.2, -0.15) is 0 Å². The molecule has 1 atom stereocenters. The molecule has 19 heavy (non-hydrogen) atoms. The largest absolute Gasteiger partial charge is 0.441 e. The minimum atomic E-state index is -0.0744. The fourth-order valence-electron chi connectivity index (χ4n) is 1.84. The fraction of sp³-hybridized carbons (Fsp3) is 0.429. The number of hydrogen-bond acceptors (Lipinski definition) is 4. The highest BCUT2D eigenvalue weighted by molar-refractivity contribution is 5.94. The molecule has 1 amide bonds. The van der Waals surface area contributed by atoms with Crippen LogP contribution in [-0.2, 0) is 4.79 Å². The van der Waals surface area contributed by atoms with Gasteiger partial charge in [-0.25, -0.2) is 4.98 Å². The van der Waals surface area contributed by atoms with Crippen molar-refractivity contribution in [2.75, 3.05) is 18.4 Å². The molecule has 0 spiro atoms. The van der Waals surface area contributed by atoms with Gasteiger partial charge in [0.15, 0.2) is 11.5 Å². The maximum atomic E-state index is 12.0. The molecule has 0 fully saturated rings. The first kappa shape index (κ1) is 13.5. The second-order valence-electron chi connectivity index (χ2n) is 4.61. The summed E-state index contributed by atoms with van der Waals surface area (Å²) in [5, 5.41) is 6.05. The molecule has 0 aliphatic heterocycles. The fourth-order valence-corrected chi connectivity index (χ4v) is 1.84. The lowest BCUT2D eigenvalue weighted by Crippen LogP contribution is -2.30. The number of benzene rings is 1. The van der Waals surface area contributed by atoms with Gasteiger partial charge in [0.25, 0.3) is 0 Å². The van der Waals surface area contributed by atoms with E-state index in [4.69, 9.17) is 4.42 Å². The Morgan fingerprint density at radius 1 is 1.47 bits per heavy atom. The number of nitrogens with zero attached hydrogens (tertiary/aromatic N) is 1. The lowest BCUT2D eigenvalue weighted by atomic mass is 10.1. The Bertz CT molecular complexity index is 577. The molecule has 2 aromatic rings. The summed E-state index contributed by atoms with van der Waals surface area (Å²) in [4.78, 5) is 16.2. The Labute approximate surface area is 112 Å². The van der Waals surface area contributed by atoms with Gasteiger partial charge in [-0.05, 0) is 24.7 Å². The van der Waals surface area contributed by atoms with Crippen molar-refractivity contribution in [1.82, 2.24) is 10.3 Å². The zero-order chi connectivity index (χ0) is 13.8. The molecule has 5 nitrogen and oxygen atoms in total. The van der Waals surface area contributed by atoms with E-state index in [0.717, 1.165) is 23.3 Å². The maximum absolute atomic E-state index is 12.0. The van der Waals surface area contributed by atoms with Gasteiger partial charge in [-0.3, -0.25) is 4.79 Å². The van der Waals surface area contributed by atoms with Crippen LogP contribution in [0, 0.1) is 12.8 Å². The zero-order valence-electron chi connectivity index (χ0n) is 11.5. The van der Waals surface area contributed by atoms with E-state index in [1.54, 1.807) is 6.92 Å². The van der Waals surface area contributed by atoms with Crippen LogP contribution in [0.1, 0.15) is 19.7 Å². The number of fused-ring (bicyclic) bond motifs is 1. The molecule has 5 heteroatoms. The highest BCUT2D eigenvalue weighted by Gasteiger charge is 2.13. The van der Waals surface area contributed by atoms with Gasteiger partial charge in [-0.15, -0.1) is 0 Å². The molecule has 0 aliphatic rings. The van der Waals surface area contributed by atoms with E-state index in [2.05, 4.69) is 15.6 Å². The highest BCUT2D eigenvalue weighted by atomic mass is 16.3. The number of aryl methyl sites for hydroxylation is 1. The number of aromatic nitrogens is 1. The molecule has 0 aliphatic carbocycles. The summed E-state index contributed by atoms with van der Waals surface area (Å²) in [5.41, 5.74) is 2.24. The van der Waals surface area contributed by atoms with Crippen molar-refractivity contribution in [3.63, 3.8) is 0 Å². The van der Waals surface area contributed by atoms with Crippen molar-refractivity contribution < 1.29 is 9.21 Å². The molecular formula is C14H19N3O2. The van der Waals surface area contributed by atoms with Crippen LogP contribution in [-0.4, -0.2) is 24.0 Å². The number of rotatable bonds is 5. The third kappa shape index (κ3) is 3.32. The maximum Gasteiger partial charge on any atom is 0.228 e. The average Bonchev–Trinajstić information content (AvgIpc) is 2.75. The number of amides is 1. The summed E-state index contributed by atoms with van der Waals surface area (Å²) in [6, 6.07) is 5.47. The Balaban J connectivity index is 2.06. The Kier molecular flexibility index (Phi) is 4.16. The third-order valence-electron chi connectivity index (χ3n) is 2.91. The van der Waals surface area contributed by atoms with Gasteiger partial charge < -0.3 is 15.1 Å². The number of carbonyl (C=O) groups excluding carboxylic acids is 1. The van der Waals surface area contributed by atoms with Crippen LogP contribution < -0.4 is 10.6 Å². The number of nitrogens with one attached hydrogen (secondary N) is 2. The standard InChI is InChI=1S/C14H19N3O2/c1-4-15-8-9(2)14(18)17-11-5-6-13-12(7-11)16-10(3)19-13/h5-7,9,15H,4,8H2,1-3H3,(H,17,18). The number of carbonyl (C=O) groups is 1. The SMILES string of the molecule is CCNCC(C)C(=O)Nc1ccc2oc(C)nc2c1. The van der Waals surface area contributed by atoms with Gasteiger partial charge in [-0.1, -0.05) is 13.8 Å². The van der Waals surface area contributed by atoms with Crippen molar-refractivity contribution in [2.45, 2.75) is 20.8 Å². The van der Waals surface area contributed by atoms with Gasteiger partial charge in [0.2, 0.25) is 5.91 Å². The minimum absolute atomic E-state index is 0.000479. The van der Waals surface area contributed by atoms with Crippen molar-refractivity contribution in [3.8, 4) is 0 Å². The Hall–Kier alpha value is -1.88. The van der Waals surface area contributed by atoms with Crippen LogP contribution in [0.4, 0.5) is 5.69 Å². The summed E-state index contributed by atoms with van der Waals surface area (Å²) in [6.07, 6.45) is 0. The topological polar surface area (TPSA) is 67.2 Å². The van der Waals surface area contributed by atoms with Crippen molar-refractivity contribution in [1.29, 1.82) is 0 Å². The minimum Gasteiger partial charge on any atom is -0.441 e. The summed E-state index contributed by atoms with van der Waals surface area (Å²) in [5.74, 6) is 0.550. The predicted octanol–water partition coefficient (Wildman–Crippen LogP) is 2.32. The molecule has 0 saturated heterocycles. The van der Waals surface area contributed by atoms with E-state index in [0.29, 0.717) is 12.4 Å². The van der Waals surface area contributed by atoms with Crippen molar-refractivity contribution in [3.05, 3.63) is 24.1 Å². The average molecular weight is 261 g/mol. The van der Waals surface area contributed by atoms with E-state index < -0.39 is 0 Å². The summed E-state index contributed by atoms with van der Waals surface area (Å²) in [7, 11) is 0. The summed E-state index contributed by atoms with van der Waals surface area (Å²) in [6.45, 7) is 7.26. The van der Waals surface area contributed by atoms with E-state index in [1.807, 2.05) is 32.0 Å². The van der Waals surface area contributed by atoms with Crippen LogP contribution in [0.15, 0.2) is 22.6 Å². The normalized spacial score (nSPS) is 12.6. The van der Waals surface area contributed by atoms with Gasteiger partial charge in [0.1, 0.15) is 5.52 Å². The smallest absolute Gasteiger partial charge is 0.228 e. The van der Waals surface area contributed by atoms with Crippen molar-refractivity contribution in [2.24, 2.45) is 5.92 Å². The van der Waals surface area contributed by atoms with Crippen LogP contribution >= 0.6 is 0 Å². The summed E-state index contributed by atoms with van der Waals surface area (Å²) >= 11 is 0. The molecular weight excluding hydrogens is 242 g/mol. The quantitative estimate of drug-likeness (QED) is 0.866. The molecule has 1 aromatic carbocycles. The predicted molar refractivity (Wildman–Crippen MR) is 75.1 cm³/mol. The summed E-state index contributed by atoms with van der Waals surface area (Å²) < 4.78 is 5.39. The zero-order valence-corrected chi connectivity index (χ0v) is 11.5. The first-order valence-corrected chi connectivity index (χ1v) is 6.49.